The van der Waals surface area contributed by atoms with Crippen LogP contribution < -0.4 is 5.32 Å². The van der Waals surface area contributed by atoms with Crippen LogP contribution in [0.4, 0.5) is 0 Å². The Hall–Kier alpha value is -0.610. The summed E-state index contributed by atoms with van der Waals surface area (Å²) in [7, 11) is 0. The minimum absolute atomic E-state index is 0.102. The van der Waals surface area contributed by atoms with Crippen LogP contribution in [0, 0.1) is 5.92 Å². The molecule has 2 fully saturated rings. The van der Waals surface area contributed by atoms with Gasteiger partial charge in [-0.1, -0.05) is 6.92 Å². The van der Waals surface area contributed by atoms with Crippen molar-refractivity contribution >= 4 is 5.97 Å². The number of likely N-dealkylation sites (tertiary alicyclic amines) is 1. The summed E-state index contributed by atoms with van der Waals surface area (Å²) >= 11 is 0. The van der Waals surface area contributed by atoms with Crippen LogP contribution in [0.1, 0.15) is 59.8 Å². The molecule has 0 aromatic carbocycles. The standard InChI is InChI=1S/C17H32N2O2/c1-5-9-18-17(4,16(20)21-6-2)11-13(3)19-12-14-7-8-15(19)10-14/h13-15,18H,5-12H2,1-4H3. The first kappa shape index (κ1) is 16.8. The SMILES string of the molecule is CCCNC(C)(CC(C)N1CC2CCC1C2)C(=O)OCC. The van der Waals surface area contributed by atoms with E-state index in [4.69, 9.17) is 4.74 Å². The van der Waals surface area contributed by atoms with E-state index in [1.54, 1.807) is 0 Å². The molecule has 4 atom stereocenters. The number of piperidine rings is 1. The molecule has 4 nitrogen and oxygen atoms in total. The van der Waals surface area contributed by atoms with Crippen LogP contribution in [0.15, 0.2) is 0 Å². The van der Waals surface area contributed by atoms with Crippen molar-refractivity contribution in [2.75, 3.05) is 19.7 Å². The normalized spacial score (nSPS) is 29.3. The second-order valence-electron chi connectivity index (χ2n) is 7.06. The number of rotatable bonds is 8. The fraction of sp³-hybridized carbons (Fsp3) is 0.941. The van der Waals surface area contributed by atoms with Crippen molar-refractivity contribution in [1.82, 2.24) is 10.2 Å². The van der Waals surface area contributed by atoms with Crippen molar-refractivity contribution in [3.8, 4) is 0 Å². The Morgan fingerprint density at radius 2 is 2.19 bits per heavy atom. The maximum absolute atomic E-state index is 12.4. The number of hydrogen-bond donors (Lipinski definition) is 1. The minimum atomic E-state index is -0.562. The van der Waals surface area contributed by atoms with E-state index in [2.05, 4.69) is 24.1 Å². The zero-order chi connectivity index (χ0) is 15.5. The van der Waals surface area contributed by atoms with Gasteiger partial charge in [-0.3, -0.25) is 9.69 Å². The molecule has 2 aliphatic rings. The highest BCUT2D eigenvalue weighted by molar-refractivity contribution is 5.80. The van der Waals surface area contributed by atoms with Gasteiger partial charge >= 0.3 is 5.97 Å². The Kier molecular flexibility index (Phi) is 5.67. The molecule has 1 heterocycles. The predicted molar refractivity (Wildman–Crippen MR) is 85.2 cm³/mol. The van der Waals surface area contributed by atoms with Crippen LogP contribution in [0.2, 0.25) is 0 Å². The first-order valence-corrected chi connectivity index (χ1v) is 8.68. The summed E-state index contributed by atoms with van der Waals surface area (Å²) in [6.45, 7) is 10.8. The molecule has 1 aliphatic heterocycles. The highest BCUT2D eigenvalue weighted by atomic mass is 16.5. The molecule has 4 unspecified atom stereocenters. The average molecular weight is 296 g/mol. The first-order chi connectivity index (χ1) is 10.00. The van der Waals surface area contributed by atoms with Crippen molar-refractivity contribution in [3.63, 3.8) is 0 Å². The number of fused-ring (bicyclic) bond motifs is 2. The number of carbonyl (C=O) groups excluding carboxylic acids is 1. The smallest absolute Gasteiger partial charge is 0.326 e. The van der Waals surface area contributed by atoms with Gasteiger partial charge in [0.15, 0.2) is 0 Å². The summed E-state index contributed by atoms with van der Waals surface area (Å²) in [5, 5.41) is 3.43. The van der Waals surface area contributed by atoms with Gasteiger partial charge in [0.2, 0.25) is 0 Å². The Morgan fingerprint density at radius 3 is 2.71 bits per heavy atom. The molecule has 1 saturated heterocycles. The van der Waals surface area contributed by atoms with Crippen molar-refractivity contribution in [1.29, 1.82) is 0 Å². The molecule has 0 spiro atoms. The van der Waals surface area contributed by atoms with E-state index in [1.165, 1.54) is 25.8 Å². The van der Waals surface area contributed by atoms with Gasteiger partial charge < -0.3 is 10.1 Å². The lowest BCUT2D eigenvalue weighted by Gasteiger charge is -2.38. The van der Waals surface area contributed by atoms with Gasteiger partial charge in [-0.05, 0) is 65.3 Å². The predicted octanol–water partition coefficient (Wildman–Crippen LogP) is 2.57. The zero-order valence-corrected chi connectivity index (χ0v) is 14.2. The van der Waals surface area contributed by atoms with Gasteiger partial charge in [-0.2, -0.15) is 0 Å². The lowest BCUT2D eigenvalue weighted by atomic mass is 9.91. The van der Waals surface area contributed by atoms with Crippen molar-refractivity contribution in [3.05, 3.63) is 0 Å². The molecule has 122 valence electrons. The van der Waals surface area contributed by atoms with Crippen LogP contribution in [-0.4, -0.2) is 48.2 Å². The van der Waals surface area contributed by atoms with Gasteiger partial charge in [0.1, 0.15) is 5.54 Å². The van der Waals surface area contributed by atoms with Crippen LogP contribution >= 0.6 is 0 Å². The van der Waals surface area contributed by atoms with E-state index in [-0.39, 0.29) is 5.97 Å². The van der Waals surface area contributed by atoms with Crippen LogP contribution in [-0.2, 0) is 9.53 Å². The average Bonchev–Trinajstić information content (AvgIpc) is 3.08. The molecule has 21 heavy (non-hydrogen) atoms. The Balaban J connectivity index is 1.98. The van der Waals surface area contributed by atoms with Gasteiger partial charge in [-0.15, -0.1) is 0 Å². The summed E-state index contributed by atoms with van der Waals surface area (Å²) in [5.41, 5.74) is -0.562. The second kappa shape index (κ2) is 7.10. The van der Waals surface area contributed by atoms with Crippen LogP contribution in [0.25, 0.3) is 0 Å². The lowest BCUT2D eigenvalue weighted by Crippen LogP contribution is -2.55. The van der Waals surface area contributed by atoms with Crippen LogP contribution in [0.3, 0.4) is 0 Å². The fourth-order valence-electron chi connectivity index (χ4n) is 4.13. The maximum atomic E-state index is 12.4. The van der Waals surface area contributed by atoms with Crippen molar-refractivity contribution in [2.24, 2.45) is 5.92 Å². The molecule has 2 rings (SSSR count). The van der Waals surface area contributed by atoms with E-state index < -0.39 is 5.54 Å². The van der Waals surface area contributed by atoms with Crippen LogP contribution in [0.5, 0.6) is 0 Å². The van der Waals surface area contributed by atoms with E-state index >= 15 is 0 Å². The molecule has 0 amide bonds. The Labute approximate surface area is 129 Å². The van der Waals surface area contributed by atoms with E-state index in [1.807, 2.05) is 13.8 Å². The molecular formula is C17H32N2O2. The highest BCUT2D eigenvalue weighted by Crippen LogP contribution is 2.39. The van der Waals surface area contributed by atoms with Gasteiger partial charge in [0.25, 0.3) is 0 Å². The van der Waals surface area contributed by atoms with Gasteiger partial charge in [0, 0.05) is 18.6 Å². The topological polar surface area (TPSA) is 41.6 Å². The minimum Gasteiger partial charge on any atom is -0.465 e. The molecule has 1 N–H and O–H groups in total. The molecule has 0 radical (unpaired) electrons. The summed E-state index contributed by atoms with van der Waals surface area (Å²) in [6, 6.07) is 1.18. The van der Waals surface area contributed by atoms with Crippen molar-refractivity contribution in [2.45, 2.75) is 77.4 Å². The third-order valence-corrected chi connectivity index (χ3v) is 5.21. The third-order valence-electron chi connectivity index (χ3n) is 5.21. The van der Waals surface area contributed by atoms with Gasteiger partial charge in [-0.25, -0.2) is 0 Å². The third kappa shape index (κ3) is 3.78. The quantitative estimate of drug-likeness (QED) is 0.699. The van der Waals surface area contributed by atoms with E-state index in [0.717, 1.165) is 31.3 Å². The number of esters is 1. The largest absolute Gasteiger partial charge is 0.465 e. The number of ether oxygens (including phenoxy) is 1. The molecule has 1 saturated carbocycles. The number of carbonyl (C=O) groups is 1. The molecular weight excluding hydrogens is 264 g/mol. The van der Waals surface area contributed by atoms with E-state index in [9.17, 15) is 4.79 Å². The summed E-state index contributed by atoms with van der Waals surface area (Å²) < 4.78 is 5.31. The molecule has 0 aromatic rings. The summed E-state index contributed by atoms with van der Waals surface area (Å²) in [5.74, 6) is 0.796. The molecule has 1 aliphatic carbocycles. The Morgan fingerprint density at radius 1 is 1.43 bits per heavy atom. The number of nitrogens with one attached hydrogen (secondary N) is 1. The summed E-state index contributed by atoms with van der Waals surface area (Å²) in [6.07, 6.45) is 5.96. The molecule has 0 aromatic heterocycles. The number of hydrogen-bond acceptors (Lipinski definition) is 4. The van der Waals surface area contributed by atoms with Crippen molar-refractivity contribution < 1.29 is 9.53 Å². The fourth-order valence-corrected chi connectivity index (χ4v) is 4.13. The number of nitrogens with zero attached hydrogens (tertiary/aromatic N) is 1. The lowest BCUT2D eigenvalue weighted by molar-refractivity contribution is -0.151. The Bertz CT molecular complexity index is 361. The zero-order valence-electron chi connectivity index (χ0n) is 14.2. The maximum Gasteiger partial charge on any atom is 0.326 e. The second-order valence-corrected chi connectivity index (χ2v) is 7.06. The van der Waals surface area contributed by atoms with E-state index in [0.29, 0.717) is 12.6 Å². The van der Waals surface area contributed by atoms with Gasteiger partial charge in [0.05, 0.1) is 6.61 Å². The highest BCUT2D eigenvalue weighted by Gasteiger charge is 2.43. The summed E-state index contributed by atoms with van der Waals surface area (Å²) in [4.78, 5) is 15.0. The molecule has 4 heteroatoms. The molecule has 2 bridgehead atoms. The monoisotopic (exact) mass is 296 g/mol. The first-order valence-electron chi connectivity index (χ1n) is 8.68.